The lowest BCUT2D eigenvalue weighted by Gasteiger charge is -2.09. The Morgan fingerprint density at radius 3 is 2.86 bits per heavy atom. The molecule has 3 aromatic rings. The van der Waals surface area contributed by atoms with Crippen LogP contribution in [0.5, 0.6) is 5.75 Å². The number of rotatable bonds is 6. The summed E-state index contributed by atoms with van der Waals surface area (Å²) in [6, 6.07) is 13.4. The Labute approximate surface area is 122 Å². The van der Waals surface area contributed by atoms with Crippen LogP contribution >= 0.6 is 0 Å². The van der Waals surface area contributed by atoms with Gasteiger partial charge in [-0.05, 0) is 25.2 Å². The van der Waals surface area contributed by atoms with Gasteiger partial charge in [-0.2, -0.15) is 0 Å². The minimum atomic E-state index is 0.352. The maximum Gasteiger partial charge on any atom is 0.202 e. The summed E-state index contributed by atoms with van der Waals surface area (Å²) in [6.07, 6.45) is 1.60. The fraction of sp³-hybridized carbons (Fsp3) is 0.188. The molecule has 2 heterocycles. The van der Waals surface area contributed by atoms with Gasteiger partial charge in [0.15, 0.2) is 5.76 Å². The third-order valence-electron chi connectivity index (χ3n) is 3.04. The summed E-state index contributed by atoms with van der Waals surface area (Å²) < 4.78 is 16.3. The van der Waals surface area contributed by atoms with E-state index in [0.717, 1.165) is 23.6 Å². The summed E-state index contributed by atoms with van der Waals surface area (Å²) in [7, 11) is 1.91. The lowest BCUT2D eigenvalue weighted by molar-refractivity contribution is 0.286. The van der Waals surface area contributed by atoms with Crippen LogP contribution in [0.1, 0.15) is 11.3 Å². The molecule has 0 bridgehead atoms. The average Bonchev–Trinajstić information content (AvgIpc) is 3.18. The molecule has 5 heteroatoms. The van der Waals surface area contributed by atoms with Crippen LogP contribution in [-0.4, -0.2) is 12.2 Å². The van der Waals surface area contributed by atoms with E-state index < -0.39 is 0 Å². The maximum absolute atomic E-state index is 5.81. The Morgan fingerprint density at radius 1 is 1.14 bits per heavy atom. The van der Waals surface area contributed by atoms with Crippen molar-refractivity contribution in [1.29, 1.82) is 0 Å². The third-order valence-corrected chi connectivity index (χ3v) is 3.04. The van der Waals surface area contributed by atoms with Crippen molar-refractivity contribution in [3.63, 3.8) is 0 Å². The van der Waals surface area contributed by atoms with E-state index in [-0.39, 0.29) is 0 Å². The molecule has 108 valence electrons. The number of hydrogen-bond acceptors (Lipinski definition) is 5. The second kappa shape index (κ2) is 6.28. The highest BCUT2D eigenvalue weighted by Gasteiger charge is 2.10. The van der Waals surface area contributed by atoms with Gasteiger partial charge in [-0.1, -0.05) is 23.4 Å². The van der Waals surface area contributed by atoms with E-state index >= 15 is 0 Å². The van der Waals surface area contributed by atoms with Gasteiger partial charge in [0.2, 0.25) is 5.76 Å². The molecule has 5 nitrogen and oxygen atoms in total. The number of nitrogens with zero attached hydrogens (tertiary/aromatic N) is 1. The molecule has 0 aliphatic heterocycles. The van der Waals surface area contributed by atoms with Crippen molar-refractivity contribution >= 4 is 0 Å². The average molecular weight is 284 g/mol. The van der Waals surface area contributed by atoms with Gasteiger partial charge in [0.25, 0.3) is 0 Å². The molecule has 0 amide bonds. The van der Waals surface area contributed by atoms with Crippen molar-refractivity contribution < 1.29 is 13.7 Å². The molecule has 0 saturated heterocycles. The zero-order valence-electron chi connectivity index (χ0n) is 11.7. The molecule has 2 aromatic heterocycles. The molecule has 1 N–H and O–H groups in total. The van der Waals surface area contributed by atoms with Gasteiger partial charge in [0, 0.05) is 18.2 Å². The summed E-state index contributed by atoms with van der Waals surface area (Å²) in [5, 5.41) is 7.11. The molecular weight excluding hydrogens is 268 g/mol. The molecule has 1 aromatic carbocycles. The van der Waals surface area contributed by atoms with Gasteiger partial charge in [-0.15, -0.1) is 0 Å². The molecule has 3 rings (SSSR count). The molecule has 0 atom stereocenters. The summed E-state index contributed by atoms with van der Waals surface area (Å²) in [5.41, 5.74) is 1.83. The van der Waals surface area contributed by atoms with Crippen LogP contribution in [-0.2, 0) is 13.2 Å². The smallest absolute Gasteiger partial charge is 0.202 e. The zero-order valence-corrected chi connectivity index (χ0v) is 11.7. The van der Waals surface area contributed by atoms with Gasteiger partial charge in [-0.3, -0.25) is 0 Å². The van der Waals surface area contributed by atoms with Crippen molar-refractivity contribution in [2.75, 3.05) is 7.05 Å². The molecule has 0 saturated carbocycles. The largest absolute Gasteiger partial charge is 0.487 e. The fourth-order valence-corrected chi connectivity index (χ4v) is 2.05. The number of ether oxygens (including phenoxy) is 1. The predicted molar refractivity (Wildman–Crippen MR) is 77.7 cm³/mol. The maximum atomic E-state index is 5.81. The number of furan rings is 1. The first-order chi connectivity index (χ1) is 10.4. The number of benzene rings is 1. The highest BCUT2D eigenvalue weighted by Crippen LogP contribution is 2.22. The van der Waals surface area contributed by atoms with Gasteiger partial charge >= 0.3 is 0 Å². The lowest BCUT2D eigenvalue weighted by atomic mass is 10.2. The standard InChI is InChI=1S/C16H16N2O3/c1-17-10-12-5-2-3-6-14(12)20-11-13-9-16(21-18-13)15-7-4-8-19-15/h2-9,17H,10-11H2,1H3. The number of nitrogens with one attached hydrogen (secondary N) is 1. The SMILES string of the molecule is CNCc1ccccc1OCc1cc(-c2ccco2)on1. The van der Waals surface area contributed by atoms with Crippen molar-refractivity contribution in [2.45, 2.75) is 13.2 Å². The third kappa shape index (κ3) is 3.14. The normalized spacial score (nSPS) is 10.7. The Kier molecular flexibility index (Phi) is 4.02. The van der Waals surface area contributed by atoms with Gasteiger partial charge in [-0.25, -0.2) is 0 Å². The molecular formula is C16H16N2O3. The first-order valence-electron chi connectivity index (χ1n) is 6.71. The van der Waals surface area contributed by atoms with Crippen LogP contribution in [0, 0.1) is 0 Å². The molecule has 0 spiro atoms. The fourth-order valence-electron chi connectivity index (χ4n) is 2.05. The predicted octanol–water partition coefficient (Wildman–Crippen LogP) is 3.23. The molecule has 0 radical (unpaired) electrons. The second-order valence-electron chi connectivity index (χ2n) is 4.59. The van der Waals surface area contributed by atoms with E-state index in [4.69, 9.17) is 13.7 Å². The molecule has 0 fully saturated rings. The summed E-state index contributed by atoms with van der Waals surface area (Å²) >= 11 is 0. The van der Waals surface area contributed by atoms with Gasteiger partial charge in [0.1, 0.15) is 18.1 Å². The quantitative estimate of drug-likeness (QED) is 0.753. The van der Waals surface area contributed by atoms with Crippen molar-refractivity contribution in [3.05, 3.63) is 60.0 Å². The highest BCUT2D eigenvalue weighted by atomic mass is 16.5. The van der Waals surface area contributed by atoms with Crippen LogP contribution in [0.2, 0.25) is 0 Å². The van der Waals surface area contributed by atoms with Gasteiger partial charge in [0.05, 0.1) is 6.26 Å². The van der Waals surface area contributed by atoms with Crippen LogP contribution in [0.15, 0.2) is 57.7 Å². The zero-order chi connectivity index (χ0) is 14.5. The minimum absolute atomic E-state index is 0.352. The van der Waals surface area contributed by atoms with E-state index in [0.29, 0.717) is 18.1 Å². The Balaban J connectivity index is 1.68. The summed E-state index contributed by atoms with van der Waals surface area (Å²) in [6.45, 7) is 1.11. The Morgan fingerprint density at radius 2 is 2.05 bits per heavy atom. The van der Waals surface area contributed by atoms with Gasteiger partial charge < -0.3 is 19.0 Å². The highest BCUT2D eigenvalue weighted by molar-refractivity contribution is 5.49. The van der Waals surface area contributed by atoms with E-state index in [1.165, 1.54) is 0 Å². The van der Waals surface area contributed by atoms with Crippen LogP contribution in [0.4, 0.5) is 0 Å². The minimum Gasteiger partial charge on any atom is -0.487 e. The number of aromatic nitrogens is 1. The van der Waals surface area contributed by atoms with E-state index in [2.05, 4.69) is 10.5 Å². The molecule has 0 aliphatic rings. The van der Waals surface area contributed by atoms with Crippen LogP contribution in [0.25, 0.3) is 11.5 Å². The Hall–Kier alpha value is -2.53. The molecule has 0 aliphatic carbocycles. The number of hydrogen-bond donors (Lipinski definition) is 1. The number of para-hydroxylation sites is 1. The first-order valence-corrected chi connectivity index (χ1v) is 6.71. The topological polar surface area (TPSA) is 60.4 Å². The van der Waals surface area contributed by atoms with Crippen molar-refractivity contribution in [2.24, 2.45) is 0 Å². The Bertz CT molecular complexity index is 689. The van der Waals surface area contributed by atoms with Crippen LogP contribution < -0.4 is 10.1 Å². The van der Waals surface area contributed by atoms with E-state index in [9.17, 15) is 0 Å². The van der Waals surface area contributed by atoms with Crippen LogP contribution in [0.3, 0.4) is 0 Å². The van der Waals surface area contributed by atoms with E-state index in [1.807, 2.05) is 49.5 Å². The monoisotopic (exact) mass is 284 g/mol. The molecule has 0 unspecified atom stereocenters. The van der Waals surface area contributed by atoms with E-state index in [1.54, 1.807) is 6.26 Å². The van der Waals surface area contributed by atoms with Crippen molar-refractivity contribution in [3.8, 4) is 17.3 Å². The first kappa shape index (κ1) is 13.5. The summed E-state index contributed by atoms with van der Waals surface area (Å²) in [5.74, 6) is 2.10. The lowest BCUT2D eigenvalue weighted by Crippen LogP contribution is -2.07. The second-order valence-corrected chi connectivity index (χ2v) is 4.59. The molecule has 21 heavy (non-hydrogen) atoms. The van der Waals surface area contributed by atoms with Crippen molar-refractivity contribution in [1.82, 2.24) is 10.5 Å². The summed E-state index contributed by atoms with van der Waals surface area (Å²) in [4.78, 5) is 0.